The van der Waals surface area contributed by atoms with Crippen LogP contribution < -0.4 is 11.1 Å². The average Bonchev–Trinajstić information content (AvgIpc) is 3.18. The van der Waals surface area contributed by atoms with Gasteiger partial charge in [-0.05, 0) is 42.2 Å². The van der Waals surface area contributed by atoms with Gasteiger partial charge in [0.05, 0.1) is 5.69 Å². The highest BCUT2D eigenvalue weighted by Crippen LogP contribution is 2.09. The molecule has 0 saturated heterocycles. The first kappa shape index (κ1) is 20.0. The number of rotatable bonds is 7. The van der Waals surface area contributed by atoms with Crippen molar-refractivity contribution in [2.75, 3.05) is 13.1 Å². The van der Waals surface area contributed by atoms with Gasteiger partial charge in [0.1, 0.15) is 0 Å². The summed E-state index contributed by atoms with van der Waals surface area (Å²) in [6.07, 6.45) is 5.50. The maximum Gasteiger partial charge on any atom is 0.188 e. The Kier molecular flexibility index (Phi) is 8.14. The summed E-state index contributed by atoms with van der Waals surface area (Å²) in [6, 6.07) is 20.6. The fourth-order valence-corrected chi connectivity index (χ4v) is 2.58. The summed E-state index contributed by atoms with van der Waals surface area (Å²) in [5.74, 6) is 0.504. The summed E-state index contributed by atoms with van der Waals surface area (Å²) in [5.41, 5.74) is 9.50. The third kappa shape index (κ3) is 6.18. The minimum atomic E-state index is 0. The molecule has 3 N–H and O–H groups in total. The van der Waals surface area contributed by atoms with Crippen molar-refractivity contribution < 1.29 is 0 Å². The number of nitrogens with zero attached hydrogens (tertiary/aromatic N) is 3. The van der Waals surface area contributed by atoms with Crippen molar-refractivity contribution in [1.82, 2.24) is 15.1 Å². The lowest BCUT2D eigenvalue weighted by atomic mass is 10.1. The number of nitrogens with two attached hydrogens (primary N) is 1. The Bertz CT molecular complexity index is 783. The highest BCUT2D eigenvalue weighted by atomic mass is 127. The molecular weight excluding hydrogens is 437 g/mol. The zero-order valence-corrected chi connectivity index (χ0v) is 16.9. The number of guanidine groups is 1. The van der Waals surface area contributed by atoms with E-state index in [0.29, 0.717) is 12.5 Å². The largest absolute Gasteiger partial charge is 0.370 e. The molecule has 0 unspecified atom stereocenters. The highest BCUT2D eigenvalue weighted by Gasteiger charge is 1.98. The van der Waals surface area contributed by atoms with Gasteiger partial charge in [0.2, 0.25) is 0 Å². The van der Waals surface area contributed by atoms with Crippen molar-refractivity contribution in [2.24, 2.45) is 10.7 Å². The van der Waals surface area contributed by atoms with E-state index in [1.807, 2.05) is 35.1 Å². The van der Waals surface area contributed by atoms with E-state index >= 15 is 0 Å². The summed E-state index contributed by atoms with van der Waals surface area (Å²) in [7, 11) is 0. The van der Waals surface area contributed by atoms with E-state index in [1.54, 1.807) is 6.20 Å². The van der Waals surface area contributed by atoms with Gasteiger partial charge in [-0.25, -0.2) is 4.68 Å². The van der Waals surface area contributed by atoms with Crippen molar-refractivity contribution in [3.05, 3.63) is 84.2 Å². The van der Waals surface area contributed by atoms with E-state index in [4.69, 9.17) is 5.73 Å². The summed E-state index contributed by atoms with van der Waals surface area (Å²) < 4.78 is 1.84. The van der Waals surface area contributed by atoms with Gasteiger partial charge in [0.15, 0.2) is 5.96 Å². The van der Waals surface area contributed by atoms with Gasteiger partial charge in [-0.3, -0.25) is 4.99 Å². The predicted molar refractivity (Wildman–Crippen MR) is 117 cm³/mol. The van der Waals surface area contributed by atoms with E-state index < -0.39 is 0 Å². The molecule has 0 aliphatic rings. The average molecular weight is 461 g/mol. The number of aromatic nitrogens is 2. The van der Waals surface area contributed by atoms with Crippen LogP contribution in [0.4, 0.5) is 0 Å². The molecule has 5 nitrogen and oxygen atoms in total. The lowest BCUT2D eigenvalue weighted by Gasteiger charge is -2.06. The zero-order chi connectivity index (χ0) is 17.3. The molecule has 3 aromatic rings. The number of hydrogen-bond donors (Lipinski definition) is 2. The lowest BCUT2D eigenvalue weighted by molar-refractivity contribution is 0.843. The number of halogens is 1. The molecule has 0 saturated carbocycles. The lowest BCUT2D eigenvalue weighted by Crippen LogP contribution is -2.33. The van der Waals surface area contributed by atoms with Crippen molar-refractivity contribution in [3.8, 4) is 5.69 Å². The smallest absolute Gasteiger partial charge is 0.188 e. The third-order valence-electron chi connectivity index (χ3n) is 3.95. The first-order chi connectivity index (χ1) is 12.3. The Labute approximate surface area is 171 Å². The molecule has 0 bridgehead atoms. The Morgan fingerprint density at radius 2 is 1.69 bits per heavy atom. The number of hydrogen-bond acceptors (Lipinski definition) is 2. The highest BCUT2D eigenvalue weighted by molar-refractivity contribution is 14.0. The van der Waals surface area contributed by atoms with Crippen LogP contribution in [0.15, 0.2) is 78.0 Å². The quantitative estimate of drug-likeness (QED) is 0.323. The molecule has 6 heteroatoms. The van der Waals surface area contributed by atoms with E-state index in [2.05, 4.69) is 51.8 Å². The fourth-order valence-electron chi connectivity index (χ4n) is 2.58. The normalized spacial score (nSPS) is 11.0. The van der Waals surface area contributed by atoms with Gasteiger partial charge in [-0.15, -0.1) is 24.0 Å². The second-order valence-electron chi connectivity index (χ2n) is 5.80. The number of aliphatic imine (C=N–C) groups is 1. The summed E-state index contributed by atoms with van der Waals surface area (Å²) in [5, 5.41) is 7.38. The van der Waals surface area contributed by atoms with E-state index in [9.17, 15) is 0 Å². The zero-order valence-electron chi connectivity index (χ0n) is 14.6. The molecule has 0 atom stereocenters. The molecule has 136 valence electrons. The predicted octanol–water partition coefficient (Wildman–Crippen LogP) is 3.18. The first-order valence-corrected chi connectivity index (χ1v) is 8.48. The SMILES string of the molecule is I.NC(=NCCc1ccc(-n2cccn2)cc1)NCCc1ccccc1. The molecule has 2 aromatic carbocycles. The second kappa shape index (κ2) is 10.6. The number of benzene rings is 2. The molecular formula is C20H24IN5. The van der Waals surface area contributed by atoms with Gasteiger partial charge in [-0.1, -0.05) is 42.5 Å². The summed E-state index contributed by atoms with van der Waals surface area (Å²) in [6.45, 7) is 1.46. The van der Waals surface area contributed by atoms with Crippen molar-refractivity contribution in [1.29, 1.82) is 0 Å². The molecule has 0 radical (unpaired) electrons. The molecule has 0 fully saturated rings. The molecule has 3 rings (SSSR count). The minimum Gasteiger partial charge on any atom is -0.370 e. The van der Waals surface area contributed by atoms with E-state index in [1.165, 1.54) is 11.1 Å². The van der Waals surface area contributed by atoms with Crippen LogP contribution in [0.5, 0.6) is 0 Å². The van der Waals surface area contributed by atoms with Crippen LogP contribution in [-0.4, -0.2) is 28.8 Å². The van der Waals surface area contributed by atoms with Crippen LogP contribution in [0, 0.1) is 0 Å². The maximum atomic E-state index is 5.92. The summed E-state index contributed by atoms with van der Waals surface area (Å²) in [4.78, 5) is 4.39. The topological polar surface area (TPSA) is 68.2 Å². The Morgan fingerprint density at radius 3 is 2.38 bits per heavy atom. The standard InChI is InChI=1S/C20H23N5.HI/c21-20(22-14-11-17-5-2-1-3-6-17)23-15-12-18-7-9-19(10-8-18)25-16-4-13-24-25;/h1-10,13,16H,11-12,14-15H2,(H3,21,22,23);1H. The monoisotopic (exact) mass is 461 g/mol. The van der Waals surface area contributed by atoms with Crippen molar-refractivity contribution in [3.63, 3.8) is 0 Å². The second-order valence-corrected chi connectivity index (χ2v) is 5.80. The third-order valence-corrected chi connectivity index (χ3v) is 3.95. The molecule has 0 spiro atoms. The van der Waals surface area contributed by atoms with Crippen molar-refractivity contribution in [2.45, 2.75) is 12.8 Å². The molecule has 26 heavy (non-hydrogen) atoms. The van der Waals surface area contributed by atoms with Crippen molar-refractivity contribution >= 4 is 29.9 Å². The Hall–Kier alpha value is -2.35. The van der Waals surface area contributed by atoms with Crippen LogP contribution in [0.1, 0.15) is 11.1 Å². The molecule has 0 aliphatic carbocycles. The van der Waals surface area contributed by atoms with Crippen LogP contribution >= 0.6 is 24.0 Å². The first-order valence-electron chi connectivity index (χ1n) is 8.48. The minimum absolute atomic E-state index is 0. The van der Waals surface area contributed by atoms with Gasteiger partial charge in [0.25, 0.3) is 0 Å². The Morgan fingerprint density at radius 1 is 0.962 bits per heavy atom. The molecule has 0 aliphatic heterocycles. The van der Waals surface area contributed by atoms with Crippen LogP contribution in [0.25, 0.3) is 5.69 Å². The van der Waals surface area contributed by atoms with E-state index in [-0.39, 0.29) is 24.0 Å². The number of nitrogens with one attached hydrogen (secondary N) is 1. The molecule has 1 heterocycles. The van der Waals surface area contributed by atoms with Crippen LogP contribution in [-0.2, 0) is 12.8 Å². The Balaban J connectivity index is 0.00000243. The van der Waals surface area contributed by atoms with Gasteiger partial charge >= 0.3 is 0 Å². The maximum absolute atomic E-state index is 5.92. The van der Waals surface area contributed by atoms with Crippen LogP contribution in [0.2, 0.25) is 0 Å². The molecule has 0 amide bonds. The summed E-state index contributed by atoms with van der Waals surface area (Å²) >= 11 is 0. The van der Waals surface area contributed by atoms with Gasteiger partial charge in [-0.2, -0.15) is 5.10 Å². The molecule has 1 aromatic heterocycles. The van der Waals surface area contributed by atoms with Gasteiger partial charge < -0.3 is 11.1 Å². The van der Waals surface area contributed by atoms with E-state index in [0.717, 1.165) is 25.1 Å². The van der Waals surface area contributed by atoms with Crippen LogP contribution in [0.3, 0.4) is 0 Å². The fraction of sp³-hybridized carbons (Fsp3) is 0.200. The van der Waals surface area contributed by atoms with Gasteiger partial charge in [0, 0.05) is 25.5 Å².